The van der Waals surface area contributed by atoms with Crippen LogP contribution in [0, 0.1) is 0 Å². The number of halogens is 1. The maximum Gasteiger partial charge on any atom is 0.274 e. The van der Waals surface area contributed by atoms with Crippen LogP contribution >= 0.6 is 11.6 Å². The lowest BCUT2D eigenvalue weighted by atomic mass is 10.3. The second-order valence-electron chi connectivity index (χ2n) is 2.44. The minimum absolute atomic E-state index is 0.693. The Hall–Kier alpha value is -0.473. The Morgan fingerprint density at radius 3 is 2.45 bits per heavy atom. The summed E-state index contributed by atoms with van der Waals surface area (Å²) < 4.78 is 5.51. The van der Waals surface area contributed by atoms with E-state index in [4.69, 9.17) is 16.0 Å². The fourth-order valence-corrected chi connectivity index (χ4v) is 1.60. The Kier molecular flexibility index (Phi) is 2.97. The van der Waals surface area contributed by atoms with Crippen molar-refractivity contribution in [2.75, 3.05) is 0 Å². The van der Waals surface area contributed by atoms with Crippen molar-refractivity contribution in [3.05, 3.63) is 29.3 Å². The highest BCUT2D eigenvalue weighted by Crippen LogP contribution is 2.23. The Morgan fingerprint density at radius 2 is 1.91 bits per heavy atom. The summed E-state index contributed by atoms with van der Waals surface area (Å²) >= 11 is 5.86. The van der Waals surface area contributed by atoms with Gasteiger partial charge in [0, 0.05) is 0 Å². The zero-order valence-electron chi connectivity index (χ0n) is 6.60. The summed E-state index contributed by atoms with van der Waals surface area (Å²) in [6.45, 7) is 4.15. The molecule has 0 aliphatic heterocycles. The Balaban J connectivity index is 2.78. The molecule has 0 aromatic heterocycles. The monoisotopic (exact) mass is 185 g/mol. The Morgan fingerprint density at radius 1 is 1.27 bits per heavy atom. The van der Waals surface area contributed by atoms with E-state index < -0.39 is 9.04 Å². The predicted octanol–water partition coefficient (Wildman–Crippen LogP) is 2.97. The van der Waals surface area contributed by atoms with Crippen molar-refractivity contribution in [2.45, 2.75) is 13.1 Å². The van der Waals surface area contributed by atoms with Crippen LogP contribution in [0.4, 0.5) is 0 Å². The molecule has 0 aliphatic carbocycles. The van der Waals surface area contributed by atoms with Crippen molar-refractivity contribution in [2.24, 2.45) is 0 Å². The number of rotatable bonds is 2. The van der Waals surface area contributed by atoms with Gasteiger partial charge < -0.3 is 4.43 Å². The first-order valence-electron chi connectivity index (χ1n) is 3.42. The quantitative estimate of drug-likeness (QED) is 0.644. The van der Waals surface area contributed by atoms with E-state index >= 15 is 0 Å². The van der Waals surface area contributed by atoms with Gasteiger partial charge in [-0.25, -0.2) is 0 Å². The van der Waals surface area contributed by atoms with Crippen LogP contribution < -0.4 is 4.43 Å². The Bertz CT molecular complexity index is 237. The van der Waals surface area contributed by atoms with E-state index in [9.17, 15) is 0 Å². The smallest absolute Gasteiger partial charge is 0.274 e. The van der Waals surface area contributed by atoms with Crippen LogP contribution in [0.2, 0.25) is 18.1 Å². The summed E-state index contributed by atoms with van der Waals surface area (Å²) in [4.78, 5) is 0. The molecule has 1 aromatic carbocycles. The minimum Gasteiger partial charge on any atom is -0.542 e. The third-order valence-electron chi connectivity index (χ3n) is 1.15. The van der Waals surface area contributed by atoms with E-state index in [-0.39, 0.29) is 0 Å². The lowest BCUT2D eigenvalue weighted by Crippen LogP contribution is -2.11. The van der Waals surface area contributed by atoms with Crippen LogP contribution in [-0.4, -0.2) is 9.04 Å². The molecule has 0 N–H and O–H groups in total. The SMILES string of the molecule is C[Si](C)Oc1ccccc1Cl. The second-order valence-corrected chi connectivity index (χ2v) is 4.87. The number of para-hydroxylation sites is 1. The first kappa shape index (κ1) is 8.62. The average Bonchev–Trinajstić information content (AvgIpc) is 1.93. The van der Waals surface area contributed by atoms with E-state index in [1.807, 2.05) is 24.3 Å². The van der Waals surface area contributed by atoms with E-state index in [1.54, 1.807) is 0 Å². The van der Waals surface area contributed by atoms with Gasteiger partial charge in [0.05, 0.1) is 5.02 Å². The number of benzene rings is 1. The molecule has 1 nitrogen and oxygen atoms in total. The van der Waals surface area contributed by atoms with Gasteiger partial charge in [-0.3, -0.25) is 0 Å². The standard InChI is InChI=1S/C8H10ClOSi/c1-11(2)10-8-6-4-3-5-7(8)9/h3-6H,1-2H3. The van der Waals surface area contributed by atoms with E-state index in [0.717, 1.165) is 5.75 Å². The topological polar surface area (TPSA) is 9.23 Å². The van der Waals surface area contributed by atoms with Gasteiger partial charge in [0.25, 0.3) is 9.04 Å². The van der Waals surface area contributed by atoms with Crippen LogP contribution in [-0.2, 0) is 0 Å². The van der Waals surface area contributed by atoms with Crippen molar-refractivity contribution in [1.82, 2.24) is 0 Å². The van der Waals surface area contributed by atoms with Crippen molar-refractivity contribution in [3.63, 3.8) is 0 Å². The van der Waals surface area contributed by atoms with Gasteiger partial charge in [0.2, 0.25) is 0 Å². The first-order valence-corrected chi connectivity index (χ1v) is 6.21. The molecule has 1 rings (SSSR count). The maximum absolute atomic E-state index is 5.86. The molecule has 0 bridgehead atoms. The zero-order valence-corrected chi connectivity index (χ0v) is 8.35. The van der Waals surface area contributed by atoms with Crippen molar-refractivity contribution < 1.29 is 4.43 Å². The van der Waals surface area contributed by atoms with Crippen LogP contribution in [0.15, 0.2) is 24.3 Å². The summed E-state index contributed by atoms with van der Waals surface area (Å²) in [5.41, 5.74) is 0. The van der Waals surface area contributed by atoms with Gasteiger partial charge in [0.15, 0.2) is 0 Å². The average molecular weight is 186 g/mol. The third kappa shape index (κ3) is 2.56. The van der Waals surface area contributed by atoms with Gasteiger partial charge in [0.1, 0.15) is 5.75 Å². The van der Waals surface area contributed by atoms with Crippen LogP contribution in [0.25, 0.3) is 0 Å². The zero-order chi connectivity index (χ0) is 8.27. The highest BCUT2D eigenvalue weighted by Gasteiger charge is 2.02. The summed E-state index contributed by atoms with van der Waals surface area (Å²) in [5.74, 6) is 0.799. The van der Waals surface area contributed by atoms with Crippen molar-refractivity contribution in [1.29, 1.82) is 0 Å². The molecule has 1 radical (unpaired) electrons. The molecular formula is C8H10ClOSi. The molecule has 1 aromatic rings. The molecular weight excluding hydrogens is 176 g/mol. The molecule has 3 heteroatoms. The first-order chi connectivity index (χ1) is 5.20. The van der Waals surface area contributed by atoms with Crippen LogP contribution in [0.3, 0.4) is 0 Å². The van der Waals surface area contributed by atoms with E-state index in [0.29, 0.717) is 5.02 Å². The lowest BCUT2D eigenvalue weighted by molar-refractivity contribution is 0.581. The molecule has 59 valence electrons. The van der Waals surface area contributed by atoms with Gasteiger partial charge in [-0.2, -0.15) is 0 Å². The third-order valence-corrected chi connectivity index (χ3v) is 2.09. The summed E-state index contributed by atoms with van der Waals surface area (Å²) in [6.07, 6.45) is 0. The predicted molar refractivity (Wildman–Crippen MR) is 49.6 cm³/mol. The van der Waals surface area contributed by atoms with Gasteiger partial charge >= 0.3 is 0 Å². The molecule has 0 aliphatic rings. The lowest BCUT2D eigenvalue weighted by Gasteiger charge is -2.08. The summed E-state index contributed by atoms with van der Waals surface area (Å²) in [6, 6.07) is 7.54. The fraction of sp³-hybridized carbons (Fsp3) is 0.250. The molecule has 0 unspecified atom stereocenters. The number of hydrogen-bond acceptors (Lipinski definition) is 1. The molecule has 0 heterocycles. The van der Waals surface area contributed by atoms with Gasteiger partial charge in [-0.05, 0) is 25.2 Å². The Labute approximate surface area is 73.7 Å². The molecule has 0 saturated carbocycles. The second kappa shape index (κ2) is 3.79. The normalized spacial score (nSPS) is 10.2. The minimum atomic E-state index is -0.694. The van der Waals surface area contributed by atoms with E-state index in [2.05, 4.69) is 13.1 Å². The fourth-order valence-electron chi connectivity index (χ4n) is 0.747. The van der Waals surface area contributed by atoms with E-state index in [1.165, 1.54) is 0 Å². The maximum atomic E-state index is 5.86. The highest BCUT2D eigenvalue weighted by atomic mass is 35.5. The molecule has 0 spiro atoms. The molecule has 0 saturated heterocycles. The van der Waals surface area contributed by atoms with Gasteiger partial charge in [-0.1, -0.05) is 23.7 Å². The molecule has 0 amide bonds. The van der Waals surface area contributed by atoms with Crippen molar-refractivity contribution in [3.8, 4) is 5.75 Å². The van der Waals surface area contributed by atoms with Crippen molar-refractivity contribution >= 4 is 20.6 Å². The van der Waals surface area contributed by atoms with Crippen LogP contribution in [0.1, 0.15) is 0 Å². The largest absolute Gasteiger partial charge is 0.542 e. The highest BCUT2D eigenvalue weighted by molar-refractivity contribution is 6.49. The molecule has 11 heavy (non-hydrogen) atoms. The van der Waals surface area contributed by atoms with Gasteiger partial charge in [-0.15, -0.1) is 0 Å². The summed E-state index contributed by atoms with van der Waals surface area (Å²) in [5, 5.41) is 0.693. The number of hydrogen-bond donors (Lipinski definition) is 0. The summed E-state index contributed by atoms with van der Waals surface area (Å²) in [7, 11) is -0.694. The molecule has 0 fully saturated rings. The molecule has 0 atom stereocenters. The van der Waals surface area contributed by atoms with Crippen LogP contribution in [0.5, 0.6) is 5.75 Å².